The van der Waals surface area contributed by atoms with Gasteiger partial charge in [0.05, 0.1) is 20.8 Å². The van der Waals surface area contributed by atoms with E-state index < -0.39 is 0 Å². The molecule has 19 heavy (non-hydrogen) atoms. The normalized spacial score (nSPS) is 10.5. The van der Waals surface area contributed by atoms with Gasteiger partial charge in [-0.25, -0.2) is 4.79 Å². The zero-order chi connectivity index (χ0) is 14.1. The van der Waals surface area contributed by atoms with E-state index in [1.54, 1.807) is 32.4 Å². The number of hydrogen-bond donors (Lipinski definition) is 0. The van der Waals surface area contributed by atoms with E-state index in [1.807, 2.05) is 13.0 Å². The van der Waals surface area contributed by atoms with Gasteiger partial charge in [-0.15, -0.1) is 0 Å². The molecule has 0 aromatic heterocycles. The molecular weight excluding hydrogens is 244 g/mol. The third kappa shape index (κ3) is 5.04. The molecule has 4 heteroatoms. The Morgan fingerprint density at radius 1 is 1.21 bits per heavy atom. The van der Waals surface area contributed by atoms with E-state index in [-0.39, 0.29) is 5.97 Å². The first-order valence-electron chi connectivity index (χ1n) is 6.28. The van der Waals surface area contributed by atoms with Gasteiger partial charge < -0.3 is 14.2 Å². The van der Waals surface area contributed by atoms with Crippen LogP contribution in [-0.4, -0.2) is 26.8 Å². The largest absolute Gasteiger partial charge is 0.493 e. The molecule has 0 unspecified atom stereocenters. The van der Waals surface area contributed by atoms with Gasteiger partial charge in [-0.2, -0.15) is 0 Å². The van der Waals surface area contributed by atoms with Crippen LogP contribution in [0.1, 0.15) is 25.3 Å². The summed E-state index contributed by atoms with van der Waals surface area (Å²) in [5.74, 6) is 0.956. The number of ether oxygens (including phenoxy) is 3. The van der Waals surface area contributed by atoms with Crippen molar-refractivity contribution in [1.82, 2.24) is 0 Å². The fourth-order valence-corrected chi connectivity index (χ4v) is 1.49. The van der Waals surface area contributed by atoms with Crippen molar-refractivity contribution in [2.45, 2.75) is 19.8 Å². The quantitative estimate of drug-likeness (QED) is 0.431. The standard InChI is InChI=1S/C15H20O4/c1-4-5-10-19-15(16)9-7-12-6-8-13(17-2)14(11-12)18-3/h6-9,11H,4-5,10H2,1-3H3. The first kappa shape index (κ1) is 15.1. The first-order valence-corrected chi connectivity index (χ1v) is 6.28. The number of hydrogen-bond acceptors (Lipinski definition) is 4. The van der Waals surface area contributed by atoms with E-state index in [0.717, 1.165) is 18.4 Å². The lowest BCUT2D eigenvalue weighted by atomic mass is 10.2. The zero-order valence-corrected chi connectivity index (χ0v) is 11.6. The van der Waals surface area contributed by atoms with Crippen molar-refractivity contribution in [3.8, 4) is 11.5 Å². The molecule has 0 saturated carbocycles. The summed E-state index contributed by atoms with van der Waals surface area (Å²) in [4.78, 5) is 11.4. The molecule has 0 fully saturated rings. The summed E-state index contributed by atoms with van der Waals surface area (Å²) in [6.07, 6.45) is 5.00. The first-order chi connectivity index (χ1) is 9.21. The molecule has 0 aliphatic carbocycles. The Morgan fingerprint density at radius 2 is 1.95 bits per heavy atom. The van der Waals surface area contributed by atoms with Crippen LogP contribution in [0.4, 0.5) is 0 Å². The number of carbonyl (C=O) groups excluding carboxylic acids is 1. The van der Waals surface area contributed by atoms with Crippen LogP contribution in [0.2, 0.25) is 0 Å². The maximum atomic E-state index is 11.4. The summed E-state index contributed by atoms with van der Waals surface area (Å²) < 4.78 is 15.4. The molecule has 1 aromatic carbocycles. The van der Waals surface area contributed by atoms with Crippen LogP contribution in [0, 0.1) is 0 Å². The number of unbranched alkanes of at least 4 members (excludes halogenated alkanes) is 1. The number of benzene rings is 1. The molecular formula is C15H20O4. The second kappa shape index (κ2) is 8.19. The molecule has 0 bridgehead atoms. The zero-order valence-electron chi connectivity index (χ0n) is 11.6. The molecule has 0 heterocycles. The van der Waals surface area contributed by atoms with Crippen LogP contribution in [0.15, 0.2) is 24.3 Å². The minimum Gasteiger partial charge on any atom is -0.493 e. The number of esters is 1. The molecule has 0 aliphatic rings. The van der Waals surface area contributed by atoms with Gasteiger partial charge in [-0.05, 0) is 30.2 Å². The van der Waals surface area contributed by atoms with Crippen molar-refractivity contribution in [2.24, 2.45) is 0 Å². The van der Waals surface area contributed by atoms with Gasteiger partial charge in [0.1, 0.15) is 0 Å². The summed E-state index contributed by atoms with van der Waals surface area (Å²) in [5.41, 5.74) is 0.852. The van der Waals surface area contributed by atoms with Crippen LogP contribution in [0.25, 0.3) is 6.08 Å². The highest BCUT2D eigenvalue weighted by molar-refractivity contribution is 5.87. The molecule has 0 N–H and O–H groups in total. The Labute approximate surface area is 114 Å². The smallest absolute Gasteiger partial charge is 0.330 e. The van der Waals surface area contributed by atoms with E-state index in [4.69, 9.17) is 14.2 Å². The van der Waals surface area contributed by atoms with Crippen LogP contribution >= 0.6 is 0 Å². The second-order valence-electron chi connectivity index (χ2n) is 3.97. The fourth-order valence-electron chi connectivity index (χ4n) is 1.49. The Bertz CT molecular complexity index is 438. The summed E-state index contributed by atoms with van der Waals surface area (Å²) in [5, 5.41) is 0. The minimum atomic E-state index is -0.330. The topological polar surface area (TPSA) is 44.8 Å². The number of methoxy groups -OCH3 is 2. The van der Waals surface area contributed by atoms with Crippen molar-refractivity contribution in [3.63, 3.8) is 0 Å². The molecule has 0 spiro atoms. The van der Waals surface area contributed by atoms with E-state index in [9.17, 15) is 4.79 Å². The van der Waals surface area contributed by atoms with E-state index in [1.165, 1.54) is 6.08 Å². The van der Waals surface area contributed by atoms with Crippen LogP contribution in [0.5, 0.6) is 11.5 Å². The lowest BCUT2D eigenvalue weighted by Crippen LogP contribution is -2.01. The lowest BCUT2D eigenvalue weighted by Gasteiger charge is -2.07. The maximum Gasteiger partial charge on any atom is 0.330 e. The van der Waals surface area contributed by atoms with Crippen LogP contribution in [0.3, 0.4) is 0 Å². The summed E-state index contributed by atoms with van der Waals surface area (Å²) in [7, 11) is 3.16. The maximum absolute atomic E-state index is 11.4. The third-order valence-electron chi connectivity index (χ3n) is 2.56. The SMILES string of the molecule is CCCCOC(=O)C=Cc1ccc(OC)c(OC)c1. The monoisotopic (exact) mass is 264 g/mol. The minimum absolute atomic E-state index is 0.330. The molecule has 0 radical (unpaired) electrons. The van der Waals surface area contributed by atoms with Gasteiger partial charge >= 0.3 is 5.97 Å². The lowest BCUT2D eigenvalue weighted by molar-refractivity contribution is -0.137. The average molecular weight is 264 g/mol. The second-order valence-corrected chi connectivity index (χ2v) is 3.97. The van der Waals surface area contributed by atoms with E-state index in [2.05, 4.69) is 0 Å². The van der Waals surface area contributed by atoms with Gasteiger partial charge in [-0.1, -0.05) is 19.4 Å². The highest BCUT2D eigenvalue weighted by Gasteiger charge is 2.03. The van der Waals surface area contributed by atoms with Gasteiger partial charge in [-0.3, -0.25) is 0 Å². The Kier molecular flexibility index (Phi) is 6.50. The van der Waals surface area contributed by atoms with Gasteiger partial charge in [0.2, 0.25) is 0 Å². The molecule has 104 valence electrons. The van der Waals surface area contributed by atoms with Crippen molar-refractivity contribution in [2.75, 3.05) is 20.8 Å². The van der Waals surface area contributed by atoms with Crippen molar-refractivity contribution in [3.05, 3.63) is 29.8 Å². The molecule has 0 atom stereocenters. The summed E-state index contributed by atoms with van der Waals surface area (Å²) in [6, 6.07) is 5.44. The van der Waals surface area contributed by atoms with Gasteiger partial charge in [0.15, 0.2) is 11.5 Å². The van der Waals surface area contributed by atoms with E-state index >= 15 is 0 Å². The van der Waals surface area contributed by atoms with Crippen molar-refractivity contribution < 1.29 is 19.0 Å². The van der Waals surface area contributed by atoms with Crippen LogP contribution < -0.4 is 9.47 Å². The average Bonchev–Trinajstić information content (AvgIpc) is 2.45. The number of carbonyl (C=O) groups is 1. The highest BCUT2D eigenvalue weighted by atomic mass is 16.5. The molecule has 0 amide bonds. The Balaban J connectivity index is 2.63. The summed E-state index contributed by atoms with van der Waals surface area (Å²) >= 11 is 0. The molecule has 1 rings (SSSR count). The van der Waals surface area contributed by atoms with E-state index in [0.29, 0.717) is 18.1 Å². The van der Waals surface area contributed by atoms with Crippen molar-refractivity contribution in [1.29, 1.82) is 0 Å². The highest BCUT2D eigenvalue weighted by Crippen LogP contribution is 2.27. The van der Waals surface area contributed by atoms with Gasteiger partial charge in [0.25, 0.3) is 0 Å². The third-order valence-corrected chi connectivity index (χ3v) is 2.56. The molecule has 0 saturated heterocycles. The Morgan fingerprint density at radius 3 is 2.58 bits per heavy atom. The Hall–Kier alpha value is -1.97. The predicted octanol–water partition coefficient (Wildman–Crippen LogP) is 3.06. The molecule has 4 nitrogen and oxygen atoms in total. The van der Waals surface area contributed by atoms with Gasteiger partial charge in [0, 0.05) is 6.08 Å². The number of rotatable bonds is 7. The summed E-state index contributed by atoms with van der Waals surface area (Å²) in [6.45, 7) is 2.51. The predicted molar refractivity (Wildman–Crippen MR) is 74.4 cm³/mol. The van der Waals surface area contributed by atoms with Crippen LogP contribution in [-0.2, 0) is 9.53 Å². The molecule has 0 aliphatic heterocycles. The fraction of sp³-hybridized carbons (Fsp3) is 0.400. The molecule has 1 aromatic rings. The van der Waals surface area contributed by atoms with Crippen molar-refractivity contribution >= 4 is 12.0 Å².